The van der Waals surface area contributed by atoms with Gasteiger partial charge in [-0.05, 0) is 36.2 Å². The molecule has 1 aromatic heterocycles. The molecule has 0 unspecified atom stereocenters. The molecule has 1 amide bonds. The largest absolute Gasteiger partial charge is 0.416 e. The van der Waals surface area contributed by atoms with E-state index in [0.717, 1.165) is 29.6 Å². The van der Waals surface area contributed by atoms with Crippen molar-refractivity contribution < 1.29 is 35.9 Å². The molecule has 2 aliphatic rings. The molecular formula is C30H30F6N4O2. The number of carbonyl (C=O) groups is 1. The predicted octanol–water partition coefficient (Wildman–Crippen LogP) is 4.91. The minimum atomic E-state index is -5.04. The zero-order valence-electron chi connectivity index (χ0n) is 22.7. The Morgan fingerprint density at radius 1 is 0.881 bits per heavy atom. The van der Waals surface area contributed by atoms with Crippen LogP contribution in [-0.4, -0.2) is 90.7 Å². The zero-order valence-corrected chi connectivity index (χ0v) is 22.7. The normalized spacial score (nSPS) is 19.1. The molecule has 0 bridgehead atoms. The topological polar surface area (TPSA) is 51.8 Å². The number of hydrogen-bond acceptors (Lipinski definition) is 4. The summed E-state index contributed by atoms with van der Waals surface area (Å²) in [7, 11) is 0. The van der Waals surface area contributed by atoms with Crippen molar-refractivity contribution in [2.45, 2.75) is 24.8 Å². The first kappa shape index (κ1) is 29.9. The number of halogens is 6. The molecule has 5 rings (SSSR count). The van der Waals surface area contributed by atoms with Crippen molar-refractivity contribution in [2.24, 2.45) is 0 Å². The maximum Gasteiger partial charge on any atom is 0.416 e. The van der Waals surface area contributed by atoms with E-state index in [4.69, 9.17) is 4.74 Å². The molecule has 42 heavy (non-hydrogen) atoms. The number of H-pyrrole nitrogens is 1. The van der Waals surface area contributed by atoms with E-state index in [0.29, 0.717) is 57.9 Å². The van der Waals surface area contributed by atoms with Crippen LogP contribution in [0.3, 0.4) is 0 Å². The second-order valence-corrected chi connectivity index (χ2v) is 10.5. The number of nitrogens with one attached hydrogen (secondary N) is 1. The molecule has 2 aromatic carbocycles. The van der Waals surface area contributed by atoms with E-state index in [1.54, 1.807) is 0 Å². The summed E-state index contributed by atoms with van der Waals surface area (Å²) in [6, 6.07) is 8.12. The van der Waals surface area contributed by atoms with E-state index in [-0.39, 0.29) is 12.6 Å². The quantitative estimate of drug-likeness (QED) is 0.338. The van der Waals surface area contributed by atoms with Crippen molar-refractivity contribution in [1.29, 1.82) is 0 Å². The molecule has 3 aromatic rings. The lowest BCUT2D eigenvalue weighted by atomic mass is 9.98. The summed E-state index contributed by atoms with van der Waals surface area (Å²) in [5, 5.41) is 0.936. The van der Waals surface area contributed by atoms with Gasteiger partial charge in [0.25, 0.3) is 5.91 Å². The molecule has 0 spiro atoms. The second-order valence-electron chi connectivity index (χ2n) is 10.5. The van der Waals surface area contributed by atoms with Crippen molar-refractivity contribution in [3.8, 4) is 11.8 Å². The first-order valence-corrected chi connectivity index (χ1v) is 13.6. The van der Waals surface area contributed by atoms with E-state index >= 15 is 0 Å². The van der Waals surface area contributed by atoms with Crippen LogP contribution in [0.5, 0.6) is 0 Å². The van der Waals surface area contributed by atoms with Crippen LogP contribution >= 0.6 is 0 Å². The summed E-state index contributed by atoms with van der Waals surface area (Å²) in [5.41, 5.74) is -1.88. The van der Waals surface area contributed by atoms with Gasteiger partial charge in [-0.15, -0.1) is 0 Å². The van der Waals surface area contributed by atoms with Gasteiger partial charge in [0.05, 0.1) is 37.4 Å². The lowest BCUT2D eigenvalue weighted by Gasteiger charge is -2.41. The van der Waals surface area contributed by atoms with Crippen LogP contribution in [0.25, 0.3) is 10.9 Å². The summed E-state index contributed by atoms with van der Waals surface area (Å²) >= 11 is 0. The highest BCUT2D eigenvalue weighted by molar-refractivity contribution is 5.95. The third-order valence-electron chi connectivity index (χ3n) is 7.63. The highest BCUT2D eigenvalue weighted by Gasteiger charge is 2.39. The number of nitrogens with zero attached hydrogens (tertiary/aromatic N) is 3. The van der Waals surface area contributed by atoms with Crippen LogP contribution in [0, 0.1) is 11.8 Å². The predicted molar refractivity (Wildman–Crippen MR) is 145 cm³/mol. The fourth-order valence-electron chi connectivity index (χ4n) is 5.40. The van der Waals surface area contributed by atoms with Gasteiger partial charge < -0.3 is 14.6 Å². The third-order valence-corrected chi connectivity index (χ3v) is 7.63. The van der Waals surface area contributed by atoms with Crippen molar-refractivity contribution in [1.82, 2.24) is 19.7 Å². The average molecular weight is 593 g/mol. The Labute approximate surface area is 239 Å². The number of hydrogen-bond donors (Lipinski definition) is 1. The molecule has 3 heterocycles. The van der Waals surface area contributed by atoms with Crippen LogP contribution in [0.15, 0.2) is 48.7 Å². The Morgan fingerprint density at radius 3 is 2.19 bits per heavy atom. The van der Waals surface area contributed by atoms with Gasteiger partial charge in [-0.2, -0.15) is 26.3 Å². The molecule has 224 valence electrons. The Morgan fingerprint density at radius 2 is 1.52 bits per heavy atom. The van der Waals surface area contributed by atoms with E-state index < -0.39 is 41.0 Å². The molecule has 1 atom stereocenters. The Kier molecular flexibility index (Phi) is 8.82. The highest BCUT2D eigenvalue weighted by Crippen LogP contribution is 2.37. The first-order valence-electron chi connectivity index (χ1n) is 13.6. The third kappa shape index (κ3) is 7.09. The number of benzene rings is 2. The van der Waals surface area contributed by atoms with Gasteiger partial charge in [0, 0.05) is 61.4 Å². The van der Waals surface area contributed by atoms with Gasteiger partial charge in [-0.25, -0.2) is 0 Å². The van der Waals surface area contributed by atoms with Gasteiger partial charge in [0.15, 0.2) is 0 Å². The molecule has 2 saturated heterocycles. The number of ether oxygens (including phenoxy) is 1. The van der Waals surface area contributed by atoms with Crippen LogP contribution in [0.2, 0.25) is 0 Å². The molecule has 6 nitrogen and oxygen atoms in total. The number of alkyl halides is 6. The maximum absolute atomic E-state index is 13.6. The number of para-hydroxylation sites is 1. The Balaban J connectivity index is 1.39. The van der Waals surface area contributed by atoms with Crippen LogP contribution in [0.4, 0.5) is 26.3 Å². The fraction of sp³-hybridized carbons (Fsp3) is 0.433. The van der Waals surface area contributed by atoms with Crippen molar-refractivity contribution in [3.05, 3.63) is 70.9 Å². The lowest BCUT2D eigenvalue weighted by Crippen LogP contribution is -2.56. The number of rotatable bonds is 5. The van der Waals surface area contributed by atoms with Gasteiger partial charge >= 0.3 is 12.4 Å². The fourth-order valence-corrected chi connectivity index (χ4v) is 5.40. The van der Waals surface area contributed by atoms with Crippen LogP contribution in [0.1, 0.15) is 27.0 Å². The summed E-state index contributed by atoms with van der Waals surface area (Å²) in [5.74, 6) is 5.47. The molecule has 0 saturated carbocycles. The lowest BCUT2D eigenvalue weighted by molar-refractivity contribution is -0.143. The minimum Gasteiger partial charge on any atom is -0.379 e. The van der Waals surface area contributed by atoms with Crippen molar-refractivity contribution in [2.75, 3.05) is 59.0 Å². The number of piperazine rings is 1. The molecule has 2 fully saturated rings. The standard InChI is InChI=1S/C30H30F6N4O2/c31-29(32,33)23-15-21(16-24(18-23)30(34,35)36)28(41)40-10-9-39(8-4-3-7-38-11-13-42-14-12-38)20-25(40)17-22-19-37-27-6-2-1-5-26(22)27/h1-2,5-6,15-16,18-19,25,37H,7-14,17,20H2/t25-/m1/s1. The Bertz CT molecular complexity index is 1430. The van der Waals surface area contributed by atoms with Crippen LogP contribution < -0.4 is 0 Å². The van der Waals surface area contributed by atoms with E-state index in [9.17, 15) is 31.1 Å². The molecule has 12 heteroatoms. The molecule has 0 aliphatic carbocycles. The minimum absolute atomic E-state index is 0.0354. The number of aromatic amines is 1. The van der Waals surface area contributed by atoms with Crippen LogP contribution in [-0.2, 0) is 23.5 Å². The maximum atomic E-state index is 13.6. The monoisotopic (exact) mass is 592 g/mol. The zero-order chi connectivity index (χ0) is 29.9. The first-order chi connectivity index (χ1) is 20.0. The number of morpholine rings is 1. The SMILES string of the molecule is O=C(c1cc(C(F)(F)F)cc(C(F)(F)F)c1)N1CCN(CC#CCN2CCOCC2)C[C@H]1Cc1c[nH]c2ccccc12. The van der Waals surface area contributed by atoms with Crippen molar-refractivity contribution >= 4 is 16.8 Å². The van der Waals surface area contributed by atoms with E-state index in [1.807, 2.05) is 30.5 Å². The number of carbonyl (C=O) groups excluding carboxylic acids is 1. The highest BCUT2D eigenvalue weighted by atomic mass is 19.4. The van der Waals surface area contributed by atoms with E-state index in [1.165, 1.54) is 4.90 Å². The van der Waals surface area contributed by atoms with Gasteiger partial charge in [0.1, 0.15) is 0 Å². The van der Waals surface area contributed by atoms with Gasteiger partial charge in [0.2, 0.25) is 0 Å². The number of aromatic nitrogens is 1. The van der Waals surface area contributed by atoms with Gasteiger partial charge in [-0.3, -0.25) is 14.6 Å². The summed E-state index contributed by atoms with van der Waals surface area (Å²) < 4.78 is 86.4. The molecular weight excluding hydrogens is 562 g/mol. The average Bonchev–Trinajstić information content (AvgIpc) is 3.37. The van der Waals surface area contributed by atoms with Gasteiger partial charge in [-0.1, -0.05) is 30.0 Å². The molecule has 2 aliphatic heterocycles. The van der Waals surface area contributed by atoms with Crippen molar-refractivity contribution in [3.63, 3.8) is 0 Å². The summed E-state index contributed by atoms with van der Waals surface area (Å²) in [4.78, 5) is 22.5. The van der Waals surface area contributed by atoms with E-state index in [2.05, 4.69) is 26.6 Å². The summed E-state index contributed by atoms with van der Waals surface area (Å²) in [6.45, 7) is 4.88. The smallest absolute Gasteiger partial charge is 0.379 e. The number of fused-ring (bicyclic) bond motifs is 1. The molecule has 1 N–H and O–H groups in total. The number of amides is 1. The Hall–Kier alpha value is -3.53. The molecule has 0 radical (unpaired) electrons. The second kappa shape index (κ2) is 12.4. The summed E-state index contributed by atoms with van der Waals surface area (Å²) in [6.07, 6.45) is -7.91.